The van der Waals surface area contributed by atoms with Gasteiger partial charge in [0.1, 0.15) is 17.0 Å². The van der Waals surface area contributed by atoms with Crippen LogP contribution in [0.3, 0.4) is 0 Å². The zero-order chi connectivity index (χ0) is 14.3. The molecule has 0 bridgehead atoms. The maximum atomic E-state index is 9.71. The van der Waals surface area contributed by atoms with E-state index in [4.69, 9.17) is 10.1 Å². The number of aryl methyl sites for hydroxylation is 1. The predicted molar refractivity (Wildman–Crippen MR) is 82.1 cm³/mol. The fourth-order valence-corrected chi connectivity index (χ4v) is 3.71. The highest BCUT2D eigenvalue weighted by Gasteiger charge is 2.27. The SMILES string of the molecule is COc1cccc(-c2c(C)sc3c2C(=N)CC(O)N3)c1. The van der Waals surface area contributed by atoms with Gasteiger partial charge in [-0.2, -0.15) is 0 Å². The molecule has 1 atom stereocenters. The summed E-state index contributed by atoms with van der Waals surface area (Å²) in [7, 11) is 1.65. The summed E-state index contributed by atoms with van der Waals surface area (Å²) in [5.41, 5.74) is 3.50. The van der Waals surface area contributed by atoms with E-state index in [1.54, 1.807) is 18.4 Å². The van der Waals surface area contributed by atoms with Crippen molar-refractivity contribution in [2.24, 2.45) is 0 Å². The topological polar surface area (TPSA) is 65.3 Å². The van der Waals surface area contributed by atoms with Gasteiger partial charge in [0.25, 0.3) is 0 Å². The fraction of sp³-hybridized carbons (Fsp3) is 0.267. The second kappa shape index (κ2) is 4.92. The van der Waals surface area contributed by atoms with Gasteiger partial charge < -0.3 is 20.6 Å². The molecule has 1 aromatic carbocycles. The second-order valence-corrected chi connectivity index (χ2v) is 6.04. The Balaban J connectivity index is 2.17. The average molecular weight is 288 g/mol. The number of ether oxygens (including phenoxy) is 1. The summed E-state index contributed by atoms with van der Waals surface area (Å²) in [6.45, 7) is 2.04. The van der Waals surface area contributed by atoms with Gasteiger partial charge in [-0.05, 0) is 24.6 Å². The van der Waals surface area contributed by atoms with Crippen LogP contribution in [0.4, 0.5) is 5.00 Å². The first-order valence-electron chi connectivity index (χ1n) is 6.40. The standard InChI is InChI=1S/C15H16N2O2S/c1-8-13(9-4-3-5-10(6-9)19-2)14-11(16)7-12(18)17-15(14)20-8/h3-6,12,16-18H,7H2,1-2H3. The molecule has 1 unspecified atom stereocenters. The van der Waals surface area contributed by atoms with Gasteiger partial charge in [0.05, 0.1) is 7.11 Å². The van der Waals surface area contributed by atoms with E-state index < -0.39 is 6.23 Å². The molecule has 1 aliphatic heterocycles. The normalized spacial score (nSPS) is 17.6. The highest BCUT2D eigenvalue weighted by molar-refractivity contribution is 7.17. The first-order chi connectivity index (χ1) is 9.60. The molecule has 5 heteroatoms. The van der Waals surface area contributed by atoms with Crippen molar-refractivity contribution >= 4 is 22.0 Å². The third kappa shape index (κ3) is 2.09. The monoisotopic (exact) mass is 288 g/mol. The van der Waals surface area contributed by atoms with Crippen molar-refractivity contribution in [2.45, 2.75) is 19.6 Å². The molecule has 2 heterocycles. The van der Waals surface area contributed by atoms with Gasteiger partial charge in [-0.25, -0.2) is 0 Å². The van der Waals surface area contributed by atoms with Crippen molar-refractivity contribution in [3.63, 3.8) is 0 Å². The molecule has 0 aliphatic carbocycles. The number of aliphatic hydroxyl groups is 1. The number of thiophene rings is 1. The van der Waals surface area contributed by atoms with Crippen LogP contribution < -0.4 is 10.1 Å². The smallest absolute Gasteiger partial charge is 0.130 e. The molecule has 0 fully saturated rings. The first-order valence-corrected chi connectivity index (χ1v) is 7.22. The lowest BCUT2D eigenvalue weighted by molar-refractivity contribution is 0.210. The number of benzene rings is 1. The van der Waals surface area contributed by atoms with E-state index in [1.165, 1.54) is 0 Å². The molecule has 2 aromatic rings. The minimum atomic E-state index is -0.661. The predicted octanol–water partition coefficient (Wildman–Crippen LogP) is 3.23. The Morgan fingerprint density at radius 2 is 2.20 bits per heavy atom. The molecule has 3 N–H and O–H groups in total. The van der Waals surface area contributed by atoms with Crippen molar-refractivity contribution in [3.05, 3.63) is 34.7 Å². The van der Waals surface area contributed by atoms with Crippen LogP contribution in [0.15, 0.2) is 24.3 Å². The van der Waals surface area contributed by atoms with Crippen LogP contribution >= 0.6 is 11.3 Å². The van der Waals surface area contributed by atoms with Crippen molar-refractivity contribution in [2.75, 3.05) is 12.4 Å². The van der Waals surface area contributed by atoms with E-state index >= 15 is 0 Å². The van der Waals surface area contributed by atoms with Crippen LogP contribution in [0.2, 0.25) is 0 Å². The van der Waals surface area contributed by atoms with Crippen LogP contribution in [0, 0.1) is 12.3 Å². The molecular weight excluding hydrogens is 272 g/mol. The highest BCUT2D eigenvalue weighted by Crippen LogP contribution is 2.43. The van der Waals surface area contributed by atoms with E-state index in [2.05, 4.69) is 5.32 Å². The van der Waals surface area contributed by atoms with Crippen LogP contribution in [-0.2, 0) is 0 Å². The molecule has 1 aliphatic rings. The number of nitrogens with one attached hydrogen (secondary N) is 2. The summed E-state index contributed by atoms with van der Waals surface area (Å²) in [5.74, 6) is 0.803. The average Bonchev–Trinajstić information content (AvgIpc) is 2.75. The quantitative estimate of drug-likeness (QED) is 0.795. The molecule has 1 aromatic heterocycles. The lowest BCUT2D eigenvalue weighted by atomic mass is 9.95. The van der Waals surface area contributed by atoms with Crippen molar-refractivity contribution in [1.82, 2.24) is 0 Å². The highest BCUT2D eigenvalue weighted by atomic mass is 32.1. The lowest BCUT2D eigenvalue weighted by Gasteiger charge is -2.21. The van der Waals surface area contributed by atoms with Gasteiger partial charge in [-0.1, -0.05) is 12.1 Å². The maximum absolute atomic E-state index is 9.71. The molecule has 0 spiro atoms. The Bertz CT molecular complexity index is 679. The van der Waals surface area contributed by atoms with Crippen LogP contribution in [0.5, 0.6) is 5.75 Å². The Labute approximate surface area is 121 Å². The molecule has 3 rings (SSSR count). The summed E-state index contributed by atoms with van der Waals surface area (Å²) in [6, 6.07) is 7.86. The zero-order valence-electron chi connectivity index (χ0n) is 11.4. The molecule has 4 nitrogen and oxygen atoms in total. The van der Waals surface area contributed by atoms with Crippen LogP contribution in [0.25, 0.3) is 11.1 Å². The van der Waals surface area contributed by atoms with E-state index in [9.17, 15) is 5.11 Å². The number of anilines is 1. The Hall–Kier alpha value is -1.85. The van der Waals surface area contributed by atoms with Crippen LogP contribution in [0.1, 0.15) is 16.9 Å². The Kier molecular flexibility index (Phi) is 3.23. The summed E-state index contributed by atoms with van der Waals surface area (Å²) in [4.78, 5) is 1.13. The van der Waals surface area contributed by atoms with E-state index in [0.29, 0.717) is 12.1 Å². The van der Waals surface area contributed by atoms with Gasteiger partial charge in [0.15, 0.2) is 0 Å². The fourth-order valence-electron chi connectivity index (χ4n) is 2.56. The number of aliphatic hydroxyl groups excluding tert-OH is 1. The number of hydrogen-bond donors (Lipinski definition) is 3. The van der Waals surface area contributed by atoms with Gasteiger partial charge in [-0.3, -0.25) is 0 Å². The number of hydrogen-bond acceptors (Lipinski definition) is 5. The van der Waals surface area contributed by atoms with Crippen molar-refractivity contribution in [3.8, 4) is 16.9 Å². The van der Waals surface area contributed by atoms with E-state index in [0.717, 1.165) is 32.3 Å². The third-order valence-corrected chi connectivity index (χ3v) is 4.48. The van der Waals surface area contributed by atoms with Gasteiger partial charge in [0, 0.05) is 28.1 Å². The molecule has 0 radical (unpaired) electrons. The molecule has 0 saturated heterocycles. The minimum absolute atomic E-state index is 0.333. The minimum Gasteiger partial charge on any atom is -0.497 e. The van der Waals surface area contributed by atoms with Gasteiger partial charge in [0.2, 0.25) is 0 Å². The Morgan fingerprint density at radius 3 is 2.95 bits per heavy atom. The summed E-state index contributed by atoms with van der Waals surface area (Å²) in [5, 5.41) is 21.8. The molecule has 0 saturated carbocycles. The van der Waals surface area contributed by atoms with E-state index in [-0.39, 0.29) is 0 Å². The summed E-state index contributed by atoms with van der Waals surface area (Å²) < 4.78 is 5.27. The van der Waals surface area contributed by atoms with Crippen molar-refractivity contribution < 1.29 is 9.84 Å². The van der Waals surface area contributed by atoms with Crippen LogP contribution in [-0.4, -0.2) is 24.2 Å². The number of fused-ring (bicyclic) bond motifs is 1. The van der Waals surface area contributed by atoms with Gasteiger partial charge >= 0.3 is 0 Å². The van der Waals surface area contributed by atoms with Gasteiger partial charge in [-0.15, -0.1) is 11.3 Å². The zero-order valence-corrected chi connectivity index (χ0v) is 12.2. The summed E-state index contributed by atoms with van der Waals surface area (Å²) >= 11 is 1.58. The molecule has 0 amide bonds. The Morgan fingerprint density at radius 1 is 1.40 bits per heavy atom. The third-order valence-electron chi connectivity index (χ3n) is 3.44. The van der Waals surface area contributed by atoms with Crippen molar-refractivity contribution in [1.29, 1.82) is 5.41 Å². The first kappa shape index (κ1) is 13.1. The number of methoxy groups -OCH3 is 1. The molecule has 20 heavy (non-hydrogen) atoms. The number of rotatable bonds is 2. The largest absolute Gasteiger partial charge is 0.497 e. The molecular formula is C15H16N2O2S. The second-order valence-electron chi connectivity index (χ2n) is 4.81. The maximum Gasteiger partial charge on any atom is 0.130 e. The van der Waals surface area contributed by atoms with E-state index in [1.807, 2.05) is 31.2 Å². The molecule has 104 valence electrons. The summed E-state index contributed by atoms with van der Waals surface area (Å²) in [6.07, 6.45) is -0.327. The lowest BCUT2D eigenvalue weighted by Crippen LogP contribution is -2.27.